The van der Waals surface area contributed by atoms with Gasteiger partial charge in [0.25, 0.3) is 11.8 Å². The number of nitrogens with one attached hydrogen (secondary N) is 3. The predicted octanol–water partition coefficient (Wildman–Crippen LogP) is 5.06. The molecule has 8 rings (SSSR count). The van der Waals surface area contributed by atoms with Gasteiger partial charge in [-0.15, -0.1) is 0 Å². The number of carbonyl (C=O) groups is 4. The van der Waals surface area contributed by atoms with E-state index in [1.165, 1.54) is 4.90 Å². The Balaban J connectivity index is 0.825. The first-order valence-corrected chi connectivity index (χ1v) is 18.6. The van der Waals surface area contributed by atoms with Crippen LogP contribution in [-0.2, 0) is 29.2 Å². The fourth-order valence-electron chi connectivity index (χ4n) is 7.39. The molecule has 5 heterocycles. The Morgan fingerprint density at radius 2 is 1.71 bits per heavy atom. The molecule has 0 bridgehead atoms. The van der Waals surface area contributed by atoms with Crippen LogP contribution in [0.15, 0.2) is 91.4 Å². The van der Waals surface area contributed by atoms with E-state index >= 15 is 4.39 Å². The molecule has 13 nitrogen and oxygen atoms in total. The van der Waals surface area contributed by atoms with Crippen LogP contribution in [0.3, 0.4) is 0 Å². The molecule has 3 aromatic carbocycles. The molecule has 3 aliphatic heterocycles. The van der Waals surface area contributed by atoms with Crippen molar-refractivity contribution in [1.29, 1.82) is 0 Å². The minimum Gasteiger partial charge on any atom is -0.324 e. The summed E-state index contributed by atoms with van der Waals surface area (Å²) in [7, 11) is 0. The standard InChI is InChI=1S/C42H40FN9O4/c1-26-4-10-31(21-35(26)48-42-45-16-14-34(47-42)29-3-2-15-44-22-29)46-39(54)28-7-5-27(6-8-28)23-50-17-19-51(20-18-50)24-30-9-11-32-33(38(30)43)25-52(41(32)56)36-12-13-37(53)49-40(36)55/h2-11,14-16,21-22,36H,12-13,17-20,23-25H2,1H3,(H,46,54)(H,45,47,48)(H,49,53,55). The first-order valence-electron chi connectivity index (χ1n) is 18.6. The van der Waals surface area contributed by atoms with Crippen LogP contribution in [0.4, 0.5) is 21.7 Å². The van der Waals surface area contributed by atoms with Gasteiger partial charge in [0.2, 0.25) is 17.8 Å². The summed E-state index contributed by atoms with van der Waals surface area (Å²) in [6.07, 6.45) is 5.54. The summed E-state index contributed by atoms with van der Waals surface area (Å²) in [6.45, 7) is 6.18. The first kappa shape index (κ1) is 36.6. The van der Waals surface area contributed by atoms with Crippen molar-refractivity contribution >= 4 is 41.0 Å². The third kappa shape index (κ3) is 7.88. The third-order valence-corrected chi connectivity index (χ3v) is 10.6. The van der Waals surface area contributed by atoms with Crippen LogP contribution in [0.5, 0.6) is 0 Å². The molecule has 0 radical (unpaired) electrons. The summed E-state index contributed by atoms with van der Waals surface area (Å²) in [5.74, 6) is -1.45. The van der Waals surface area contributed by atoms with E-state index in [2.05, 4.69) is 40.7 Å². The Bertz CT molecular complexity index is 2310. The fraction of sp³-hybridized carbons (Fsp3) is 0.262. The number of pyridine rings is 1. The van der Waals surface area contributed by atoms with Gasteiger partial charge in [-0.25, -0.2) is 14.4 Å². The number of piperazine rings is 1. The lowest BCUT2D eigenvalue weighted by Crippen LogP contribution is -2.52. The van der Waals surface area contributed by atoms with Gasteiger partial charge in [-0.3, -0.25) is 39.3 Å². The molecule has 1 atom stereocenters. The molecule has 0 spiro atoms. The van der Waals surface area contributed by atoms with Crippen LogP contribution in [0.1, 0.15) is 55.8 Å². The monoisotopic (exact) mass is 753 g/mol. The van der Waals surface area contributed by atoms with Gasteiger partial charge in [0.05, 0.1) is 12.2 Å². The van der Waals surface area contributed by atoms with Crippen LogP contribution in [0.25, 0.3) is 11.3 Å². The summed E-state index contributed by atoms with van der Waals surface area (Å²) < 4.78 is 15.7. The van der Waals surface area contributed by atoms with E-state index in [4.69, 9.17) is 0 Å². The van der Waals surface area contributed by atoms with Crippen molar-refractivity contribution in [3.63, 3.8) is 0 Å². The van der Waals surface area contributed by atoms with Crippen LogP contribution < -0.4 is 16.0 Å². The molecule has 4 amide bonds. The van der Waals surface area contributed by atoms with Gasteiger partial charge in [-0.05, 0) is 73.0 Å². The summed E-state index contributed by atoms with van der Waals surface area (Å²) in [6, 6.07) is 21.4. The quantitative estimate of drug-likeness (QED) is 0.165. The van der Waals surface area contributed by atoms with Crippen molar-refractivity contribution in [3.05, 3.63) is 131 Å². The second-order valence-electron chi connectivity index (χ2n) is 14.3. The third-order valence-electron chi connectivity index (χ3n) is 10.6. The number of benzene rings is 3. The van der Waals surface area contributed by atoms with Crippen molar-refractivity contribution in [3.8, 4) is 11.3 Å². The molecular formula is C42H40FN9O4. The molecule has 3 N–H and O–H groups in total. The molecule has 1 unspecified atom stereocenters. The number of imide groups is 1. The van der Waals surface area contributed by atoms with Crippen molar-refractivity contribution < 1.29 is 23.6 Å². The van der Waals surface area contributed by atoms with Crippen LogP contribution in [-0.4, -0.2) is 85.5 Å². The SMILES string of the molecule is Cc1ccc(NC(=O)c2ccc(CN3CCN(Cc4ccc5c(c4F)CN(C4CCC(=O)NC4=O)C5=O)CC3)cc2)cc1Nc1nccc(-c2cccnc2)n1. The molecule has 56 heavy (non-hydrogen) atoms. The molecule has 2 fully saturated rings. The first-order chi connectivity index (χ1) is 27.2. The van der Waals surface area contributed by atoms with E-state index in [9.17, 15) is 19.2 Å². The number of nitrogens with zero attached hydrogens (tertiary/aromatic N) is 6. The normalized spacial score (nSPS) is 17.4. The number of aromatic nitrogens is 3. The fourth-order valence-corrected chi connectivity index (χ4v) is 7.39. The smallest absolute Gasteiger partial charge is 0.255 e. The van der Waals surface area contributed by atoms with Gasteiger partial charge >= 0.3 is 0 Å². The second kappa shape index (κ2) is 15.8. The molecule has 3 aliphatic rings. The second-order valence-corrected chi connectivity index (χ2v) is 14.3. The average molecular weight is 754 g/mol. The number of hydrogen-bond acceptors (Lipinski definition) is 10. The topological polar surface area (TPSA) is 153 Å². The van der Waals surface area contributed by atoms with Crippen LogP contribution >= 0.6 is 0 Å². The number of aryl methyl sites for hydroxylation is 1. The molecule has 14 heteroatoms. The van der Waals surface area contributed by atoms with Crippen molar-refractivity contribution in [2.24, 2.45) is 0 Å². The average Bonchev–Trinajstić information content (AvgIpc) is 3.54. The lowest BCUT2D eigenvalue weighted by Gasteiger charge is -2.35. The van der Waals surface area contributed by atoms with E-state index in [1.807, 2.05) is 67.6 Å². The molecule has 0 aliphatic carbocycles. The van der Waals surface area contributed by atoms with E-state index in [1.54, 1.807) is 30.7 Å². The van der Waals surface area contributed by atoms with E-state index in [0.29, 0.717) is 34.9 Å². The molecule has 5 aromatic rings. The molecule has 0 saturated carbocycles. The van der Waals surface area contributed by atoms with Gasteiger partial charge in [-0.1, -0.05) is 24.3 Å². The minimum atomic E-state index is -0.780. The predicted molar refractivity (Wildman–Crippen MR) is 207 cm³/mol. The van der Waals surface area contributed by atoms with Gasteiger partial charge in [0.1, 0.15) is 11.9 Å². The van der Waals surface area contributed by atoms with Gasteiger partial charge in [0.15, 0.2) is 0 Å². The maximum atomic E-state index is 15.7. The largest absolute Gasteiger partial charge is 0.324 e. The molecule has 284 valence electrons. The summed E-state index contributed by atoms with van der Waals surface area (Å²) in [5.41, 5.74) is 6.73. The van der Waals surface area contributed by atoms with Crippen LogP contribution in [0, 0.1) is 12.7 Å². The number of amides is 4. The van der Waals surface area contributed by atoms with Gasteiger partial charge < -0.3 is 15.5 Å². The van der Waals surface area contributed by atoms with E-state index in [-0.39, 0.29) is 42.7 Å². The number of fused-ring (bicyclic) bond motifs is 1. The molecule has 2 saturated heterocycles. The zero-order valence-electron chi connectivity index (χ0n) is 30.8. The highest BCUT2D eigenvalue weighted by molar-refractivity contribution is 6.06. The number of halogens is 1. The Hall–Kier alpha value is -6.38. The Morgan fingerprint density at radius 1 is 0.929 bits per heavy atom. The van der Waals surface area contributed by atoms with Gasteiger partial charge in [-0.2, -0.15) is 0 Å². The summed E-state index contributed by atoms with van der Waals surface area (Å²) in [5, 5.41) is 8.55. The lowest BCUT2D eigenvalue weighted by molar-refractivity contribution is -0.136. The number of hydrogen-bond donors (Lipinski definition) is 3. The highest BCUT2D eigenvalue weighted by Crippen LogP contribution is 2.31. The Labute approximate surface area is 323 Å². The zero-order chi connectivity index (χ0) is 38.8. The van der Waals surface area contributed by atoms with Crippen molar-refractivity contribution in [2.45, 2.75) is 45.4 Å². The van der Waals surface area contributed by atoms with Crippen LogP contribution in [0.2, 0.25) is 0 Å². The molecule has 2 aromatic heterocycles. The Morgan fingerprint density at radius 3 is 2.46 bits per heavy atom. The van der Waals surface area contributed by atoms with E-state index < -0.39 is 17.8 Å². The minimum absolute atomic E-state index is 0.0123. The highest BCUT2D eigenvalue weighted by atomic mass is 19.1. The number of rotatable bonds is 10. The highest BCUT2D eigenvalue weighted by Gasteiger charge is 2.40. The zero-order valence-corrected chi connectivity index (χ0v) is 30.8. The maximum Gasteiger partial charge on any atom is 0.255 e. The van der Waals surface area contributed by atoms with Gasteiger partial charge in [0, 0.05) is 103 Å². The summed E-state index contributed by atoms with van der Waals surface area (Å²) >= 11 is 0. The number of carbonyl (C=O) groups excluding carboxylic acids is 4. The van der Waals surface area contributed by atoms with E-state index in [0.717, 1.165) is 60.8 Å². The number of piperidine rings is 1. The number of anilines is 3. The summed E-state index contributed by atoms with van der Waals surface area (Å²) in [4.78, 5) is 69.3. The maximum absolute atomic E-state index is 15.7. The van der Waals surface area contributed by atoms with Crippen molar-refractivity contribution in [1.82, 2.24) is 35.0 Å². The molecular weight excluding hydrogens is 714 g/mol. The van der Waals surface area contributed by atoms with Crippen molar-refractivity contribution in [2.75, 3.05) is 36.8 Å². The lowest BCUT2D eigenvalue weighted by atomic mass is 10.0. The Kier molecular flexibility index (Phi) is 10.3.